The fraction of sp³-hybridized carbons (Fsp3) is 0.467. The molecule has 1 heterocycles. The molecule has 0 unspecified atom stereocenters. The summed E-state index contributed by atoms with van der Waals surface area (Å²) >= 11 is 0. The zero-order chi connectivity index (χ0) is 14.0. The van der Waals surface area contributed by atoms with E-state index >= 15 is 0 Å². The van der Waals surface area contributed by atoms with E-state index in [-0.39, 0.29) is 11.7 Å². The molecule has 1 saturated heterocycles. The van der Waals surface area contributed by atoms with Crippen LogP contribution in [0.3, 0.4) is 0 Å². The number of hydrogen-bond acceptors (Lipinski definition) is 3. The monoisotopic (exact) mass is 261 g/mol. The average Bonchev–Trinajstić information content (AvgIpc) is 2.38. The maximum absolute atomic E-state index is 12.2. The Hall–Kier alpha value is -1.68. The molecule has 102 valence electrons. The lowest BCUT2D eigenvalue weighted by molar-refractivity contribution is -0.120. The fourth-order valence-electron chi connectivity index (χ4n) is 2.16. The Morgan fingerprint density at radius 2 is 1.68 bits per heavy atom. The van der Waals surface area contributed by atoms with Crippen LogP contribution in [0, 0.1) is 0 Å². The summed E-state index contributed by atoms with van der Waals surface area (Å²) in [4.78, 5) is 25.1. The Kier molecular flexibility index (Phi) is 3.71. The number of benzene rings is 1. The van der Waals surface area contributed by atoms with E-state index in [4.69, 9.17) is 0 Å². The number of piperidine rings is 1. The minimum Gasteiger partial charge on any atom is -0.386 e. The lowest BCUT2D eigenvalue weighted by Gasteiger charge is -2.26. The molecule has 1 amide bonds. The van der Waals surface area contributed by atoms with E-state index in [0.717, 1.165) is 5.56 Å². The Labute approximate surface area is 113 Å². The zero-order valence-corrected chi connectivity index (χ0v) is 11.3. The molecule has 1 fully saturated rings. The topological polar surface area (TPSA) is 57.6 Å². The van der Waals surface area contributed by atoms with Crippen molar-refractivity contribution in [2.45, 2.75) is 32.3 Å². The highest BCUT2D eigenvalue weighted by Gasteiger charge is 2.22. The summed E-state index contributed by atoms with van der Waals surface area (Å²) in [5, 5.41) is 9.86. The van der Waals surface area contributed by atoms with Gasteiger partial charge in [0.2, 0.25) is 0 Å². The second-order valence-corrected chi connectivity index (χ2v) is 5.47. The number of hydrogen-bond donors (Lipinski definition) is 1. The summed E-state index contributed by atoms with van der Waals surface area (Å²) in [6.45, 7) is 4.43. The standard InChI is InChI=1S/C15H19NO3/c1-15(2,19)12-5-3-11(4-6-12)14(18)16-9-7-13(17)8-10-16/h3-6,19H,7-10H2,1-2H3. The van der Waals surface area contributed by atoms with Crippen molar-refractivity contribution < 1.29 is 14.7 Å². The molecule has 0 atom stereocenters. The average molecular weight is 261 g/mol. The van der Waals surface area contributed by atoms with Crippen LogP contribution in [0.25, 0.3) is 0 Å². The predicted octanol–water partition coefficient (Wildman–Crippen LogP) is 1.72. The van der Waals surface area contributed by atoms with Gasteiger partial charge in [-0.2, -0.15) is 0 Å². The first-order valence-electron chi connectivity index (χ1n) is 6.52. The van der Waals surface area contributed by atoms with Crippen molar-refractivity contribution in [2.24, 2.45) is 0 Å². The van der Waals surface area contributed by atoms with Crippen LogP contribution in [-0.2, 0) is 10.4 Å². The molecule has 1 aliphatic rings. The maximum Gasteiger partial charge on any atom is 0.253 e. The van der Waals surface area contributed by atoms with E-state index in [9.17, 15) is 14.7 Å². The van der Waals surface area contributed by atoms with E-state index in [1.165, 1.54) is 0 Å². The van der Waals surface area contributed by atoms with Crippen LogP contribution in [0.15, 0.2) is 24.3 Å². The molecule has 19 heavy (non-hydrogen) atoms. The van der Waals surface area contributed by atoms with Crippen molar-refractivity contribution in [1.82, 2.24) is 4.90 Å². The molecule has 0 radical (unpaired) electrons. The Bertz CT molecular complexity index is 475. The Balaban J connectivity index is 2.10. The van der Waals surface area contributed by atoms with Crippen LogP contribution in [0.4, 0.5) is 0 Å². The molecule has 1 aromatic carbocycles. The van der Waals surface area contributed by atoms with E-state index in [1.807, 2.05) is 0 Å². The number of aliphatic hydroxyl groups is 1. The minimum absolute atomic E-state index is 0.0465. The summed E-state index contributed by atoms with van der Waals surface area (Å²) in [7, 11) is 0. The maximum atomic E-state index is 12.2. The zero-order valence-electron chi connectivity index (χ0n) is 11.3. The third-order valence-corrected chi connectivity index (χ3v) is 3.45. The van der Waals surface area contributed by atoms with E-state index < -0.39 is 5.60 Å². The molecule has 0 aliphatic carbocycles. The van der Waals surface area contributed by atoms with Crippen molar-refractivity contribution >= 4 is 11.7 Å². The Morgan fingerprint density at radius 1 is 1.16 bits per heavy atom. The first-order chi connectivity index (χ1) is 8.88. The SMILES string of the molecule is CC(C)(O)c1ccc(C(=O)N2CCC(=O)CC2)cc1. The molecule has 0 spiro atoms. The van der Waals surface area contributed by atoms with Crippen molar-refractivity contribution in [2.75, 3.05) is 13.1 Å². The van der Waals surface area contributed by atoms with Crippen LogP contribution < -0.4 is 0 Å². The molecule has 4 nitrogen and oxygen atoms in total. The number of carbonyl (C=O) groups excluding carboxylic acids is 2. The smallest absolute Gasteiger partial charge is 0.253 e. The number of ketones is 1. The molecule has 1 aliphatic heterocycles. The fourth-order valence-corrected chi connectivity index (χ4v) is 2.16. The van der Waals surface area contributed by atoms with Gasteiger partial charge in [-0.05, 0) is 31.5 Å². The molecule has 0 saturated carbocycles. The van der Waals surface area contributed by atoms with Crippen LogP contribution in [0.1, 0.15) is 42.6 Å². The lowest BCUT2D eigenvalue weighted by atomic mass is 9.97. The van der Waals surface area contributed by atoms with E-state index in [1.54, 1.807) is 43.0 Å². The largest absolute Gasteiger partial charge is 0.386 e. The van der Waals surface area contributed by atoms with Crippen LogP contribution in [0.2, 0.25) is 0 Å². The lowest BCUT2D eigenvalue weighted by Crippen LogP contribution is -2.38. The summed E-state index contributed by atoms with van der Waals surface area (Å²) in [5.41, 5.74) is 0.472. The first kappa shape index (κ1) is 13.7. The van der Waals surface area contributed by atoms with Crippen LogP contribution in [-0.4, -0.2) is 34.8 Å². The van der Waals surface area contributed by atoms with Gasteiger partial charge >= 0.3 is 0 Å². The van der Waals surface area contributed by atoms with Crippen LogP contribution >= 0.6 is 0 Å². The summed E-state index contributed by atoms with van der Waals surface area (Å²) in [5.74, 6) is 0.177. The van der Waals surface area contributed by atoms with Crippen molar-refractivity contribution in [3.05, 3.63) is 35.4 Å². The number of likely N-dealkylation sites (tertiary alicyclic amines) is 1. The van der Waals surface area contributed by atoms with Crippen molar-refractivity contribution in [3.8, 4) is 0 Å². The third-order valence-electron chi connectivity index (χ3n) is 3.45. The van der Waals surface area contributed by atoms with Crippen molar-refractivity contribution in [1.29, 1.82) is 0 Å². The number of nitrogens with zero attached hydrogens (tertiary/aromatic N) is 1. The number of amides is 1. The van der Waals surface area contributed by atoms with Gasteiger partial charge in [-0.25, -0.2) is 0 Å². The highest BCUT2D eigenvalue weighted by Crippen LogP contribution is 2.20. The second-order valence-electron chi connectivity index (χ2n) is 5.47. The number of carbonyl (C=O) groups is 2. The minimum atomic E-state index is -0.904. The molecule has 4 heteroatoms. The highest BCUT2D eigenvalue weighted by atomic mass is 16.3. The molecule has 1 N–H and O–H groups in total. The highest BCUT2D eigenvalue weighted by molar-refractivity contribution is 5.95. The summed E-state index contributed by atoms with van der Waals surface area (Å²) in [6.07, 6.45) is 0.904. The van der Waals surface area contributed by atoms with Gasteiger partial charge in [0.25, 0.3) is 5.91 Å². The molecular weight excluding hydrogens is 242 g/mol. The number of Topliss-reactive ketones (excluding diaryl/α,β-unsaturated/α-hetero) is 1. The molecule has 0 aromatic heterocycles. The number of rotatable bonds is 2. The van der Waals surface area contributed by atoms with Gasteiger partial charge in [-0.3, -0.25) is 9.59 Å². The quantitative estimate of drug-likeness (QED) is 0.882. The van der Waals surface area contributed by atoms with Gasteiger partial charge in [0, 0.05) is 31.5 Å². The van der Waals surface area contributed by atoms with Gasteiger partial charge < -0.3 is 10.0 Å². The molecular formula is C15H19NO3. The van der Waals surface area contributed by atoms with Crippen LogP contribution in [0.5, 0.6) is 0 Å². The summed E-state index contributed by atoms with van der Waals surface area (Å²) < 4.78 is 0. The van der Waals surface area contributed by atoms with E-state index in [2.05, 4.69) is 0 Å². The molecule has 2 rings (SSSR count). The van der Waals surface area contributed by atoms with Gasteiger partial charge in [0.1, 0.15) is 5.78 Å². The van der Waals surface area contributed by atoms with Crippen molar-refractivity contribution in [3.63, 3.8) is 0 Å². The van der Waals surface area contributed by atoms with Gasteiger partial charge in [-0.1, -0.05) is 12.1 Å². The van der Waals surface area contributed by atoms with Gasteiger partial charge in [-0.15, -0.1) is 0 Å². The predicted molar refractivity (Wildman–Crippen MR) is 71.8 cm³/mol. The first-order valence-corrected chi connectivity index (χ1v) is 6.52. The van der Waals surface area contributed by atoms with E-state index in [0.29, 0.717) is 31.5 Å². The molecule has 0 bridgehead atoms. The second kappa shape index (κ2) is 5.13. The summed E-state index contributed by atoms with van der Waals surface area (Å²) in [6, 6.07) is 6.99. The van der Waals surface area contributed by atoms with Gasteiger partial charge in [0.15, 0.2) is 0 Å². The normalized spacial score (nSPS) is 16.6. The Morgan fingerprint density at radius 3 is 2.16 bits per heavy atom. The molecule has 1 aromatic rings. The third kappa shape index (κ3) is 3.20. The van der Waals surface area contributed by atoms with Gasteiger partial charge in [0.05, 0.1) is 5.60 Å².